The number of carbonyl (C=O) groups is 2. The van der Waals surface area contributed by atoms with E-state index in [2.05, 4.69) is 0 Å². The van der Waals surface area contributed by atoms with E-state index in [1.54, 1.807) is 24.3 Å². The molecular formula is C24H22N2O8. The zero-order chi connectivity index (χ0) is 23.8. The van der Waals surface area contributed by atoms with Crippen LogP contribution in [-0.4, -0.2) is 59.1 Å². The summed E-state index contributed by atoms with van der Waals surface area (Å²) in [4.78, 5) is 38.4. The molecule has 0 radical (unpaired) electrons. The molecule has 10 nitrogen and oxygen atoms in total. The molecule has 0 saturated carbocycles. The van der Waals surface area contributed by atoms with Gasteiger partial charge >= 0.3 is 0 Å². The third-order valence-corrected chi connectivity index (χ3v) is 6.18. The topological polar surface area (TPSA) is 128 Å². The molecule has 10 heteroatoms. The molecule has 2 saturated heterocycles. The van der Waals surface area contributed by atoms with Crippen LogP contribution in [0.5, 0.6) is 11.5 Å². The molecule has 0 bridgehead atoms. The lowest BCUT2D eigenvalue weighted by atomic mass is 9.94. The van der Waals surface area contributed by atoms with Crippen molar-refractivity contribution in [3.63, 3.8) is 0 Å². The van der Waals surface area contributed by atoms with Crippen molar-refractivity contribution in [2.45, 2.75) is 25.0 Å². The Balaban J connectivity index is 1.62. The Labute approximate surface area is 194 Å². The van der Waals surface area contributed by atoms with E-state index in [1.165, 1.54) is 23.1 Å². The van der Waals surface area contributed by atoms with Crippen molar-refractivity contribution in [2.75, 3.05) is 26.4 Å². The van der Waals surface area contributed by atoms with Gasteiger partial charge in [-0.15, -0.1) is 0 Å². The van der Waals surface area contributed by atoms with Gasteiger partial charge in [-0.25, -0.2) is 0 Å². The second-order valence-electron chi connectivity index (χ2n) is 8.30. The first-order valence-corrected chi connectivity index (χ1v) is 11.0. The number of hydrogen-bond donors (Lipinski definition) is 1. The minimum atomic E-state index is -1.00. The molecule has 1 N–H and O–H groups in total. The first-order valence-electron chi connectivity index (χ1n) is 11.0. The van der Waals surface area contributed by atoms with Gasteiger partial charge in [0, 0.05) is 30.8 Å². The number of ether oxygens (including phenoxy) is 3. The van der Waals surface area contributed by atoms with E-state index in [9.17, 15) is 24.8 Å². The number of aliphatic hydroxyl groups is 1. The number of carbonyl (C=O) groups excluding carboxylic acids is 2. The molecule has 176 valence electrons. The summed E-state index contributed by atoms with van der Waals surface area (Å²) in [6.07, 6.45) is 1.31. The van der Waals surface area contributed by atoms with Gasteiger partial charge in [0.25, 0.3) is 17.4 Å². The summed E-state index contributed by atoms with van der Waals surface area (Å²) >= 11 is 0. The maximum atomic E-state index is 13.2. The zero-order valence-electron chi connectivity index (χ0n) is 18.1. The van der Waals surface area contributed by atoms with E-state index >= 15 is 0 Å². The van der Waals surface area contributed by atoms with Crippen molar-refractivity contribution in [2.24, 2.45) is 0 Å². The highest BCUT2D eigenvalue weighted by Gasteiger charge is 2.47. The van der Waals surface area contributed by atoms with Crippen LogP contribution in [0.3, 0.4) is 0 Å². The van der Waals surface area contributed by atoms with E-state index in [0.717, 1.165) is 12.8 Å². The van der Waals surface area contributed by atoms with Crippen LogP contribution in [0.25, 0.3) is 5.76 Å². The van der Waals surface area contributed by atoms with Crippen LogP contribution in [-0.2, 0) is 14.3 Å². The summed E-state index contributed by atoms with van der Waals surface area (Å²) in [5.74, 6) is -1.11. The van der Waals surface area contributed by atoms with Crippen molar-refractivity contribution < 1.29 is 33.8 Å². The SMILES string of the molecule is O=C1C(=O)N(C[C@H]2CCCO2)[C@@H](c2cccc([N+](=O)[O-])c2)C1=C(O)c1ccc2c(c1)OCCO2. The van der Waals surface area contributed by atoms with Crippen molar-refractivity contribution in [3.8, 4) is 11.5 Å². The van der Waals surface area contributed by atoms with Crippen LogP contribution in [0, 0.1) is 10.1 Å². The molecule has 0 unspecified atom stereocenters. The first-order chi connectivity index (χ1) is 16.4. The molecule has 3 aliphatic rings. The molecule has 5 rings (SSSR count). The minimum absolute atomic E-state index is 0.135. The average Bonchev–Trinajstić information content (AvgIpc) is 3.46. The molecule has 2 aromatic carbocycles. The number of amides is 1. The van der Waals surface area contributed by atoms with Gasteiger partial charge in [-0.3, -0.25) is 19.7 Å². The van der Waals surface area contributed by atoms with Crippen molar-refractivity contribution >= 4 is 23.1 Å². The molecule has 1 amide bonds. The maximum Gasteiger partial charge on any atom is 0.295 e. The summed E-state index contributed by atoms with van der Waals surface area (Å²) in [5, 5.41) is 22.6. The van der Waals surface area contributed by atoms with Gasteiger partial charge in [0.05, 0.1) is 22.6 Å². The number of nitro groups is 1. The Bertz CT molecular complexity index is 1200. The lowest BCUT2D eigenvalue weighted by molar-refractivity contribution is -0.384. The molecule has 3 aliphatic heterocycles. The Kier molecular flexibility index (Phi) is 5.66. The van der Waals surface area contributed by atoms with Crippen LogP contribution in [0.15, 0.2) is 48.0 Å². The summed E-state index contributed by atoms with van der Waals surface area (Å²) in [6.45, 7) is 1.44. The highest BCUT2D eigenvalue weighted by Crippen LogP contribution is 2.42. The third-order valence-electron chi connectivity index (χ3n) is 6.18. The van der Waals surface area contributed by atoms with E-state index in [-0.39, 0.29) is 35.2 Å². The smallest absolute Gasteiger partial charge is 0.295 e. The van der Waals surface area contributed by atoms with E-state index < -0.39 is 22.7 Å². The number of non-ortho nitro benzene ring substituents is 1. The average molecular weight is 466 g/mol. The second-order valence-corrected chi connectivity index (χ2v) is 8.30. The lowest BCUT2D eigenvalue weighted by Gasteiger charge is -2.27. The molecule has 0 spiro atoms. The fourth-order valence-electron chi connectivity index (χ4n) is 4.58. The van der Waals surface area contributed by atoms with E-state index in [4.69, 9.17) is 14.2 Å². The van der Waals surface area contributed by atoms with Gasteiger partial charge < -0.3 is 24.2 Å². The van der Waals surface area contributed by atoms with Crippen LogP contribution in [0.2, 0.25) is 0 Å². The standard InChI is InChI=1S/C24H22N2O8/c27-22(15-6-7-18-19(12-15)34-10-9-33-18)20-21(14-3-1-4-16(11-14)26(30)31)25(24(29)23(20)28)13-17-5-2-8-32-17/h1,3-4,6-7,11-12,17,21,27H,2,5,8-10,13H2/t17-,21+/m1/s1. The molecule has 0 aromatic heterocycles. The van der Waals surface area contributed by atoms with Crippen LogP contribution in [0.4, 0.5) is 5.69 Å². The number of rotatable bonds is 5. The van der Waals surface area contributed by atoms with Gasteiger partial charge in [0.15, 0.2) is 11.5 Å². The van der Waals surface area contributed by atoms with Crippen molar-refractivity contribution in [1.82, 2.24) is 4.90 Å². The summed E-state index contributed by atoms with van der Waals surface area (Å²) in [7, 11) is 0. The molecular weight excluding hydrogens is 444 g/mol. The third kappa shape index (κ3) is 3.86. The first kappa shape index (κ1) is 21.9. The minimum Gasteiger partial charge on any atom is -0.507 e. The van der Waals surface area contributed by atoms with Gasteiger partial charge in [-0.05, 0) is 36.6 Å². The fourth-order valence-corrected chi connectivity index (χ4v) is 4.58. The quantitative estimate of drug-likeness (QED) is 0.234. The Morgan fingerprint density at radius 3 is 2.62 bits per heavy atom. The van der Waals surface area contributed by atoms with Crippen LogP contribution >= 0.6 is 0 Å². The number of aliphatic hydroxyl groups excluding tert-OH is 1. The van der Waals surface area contributed by atoms with Gasteiger partial charge in [-0.2, -0.15) is 0 Å². The maximum absolute atomic E-state index is 13.2. The molecule has 34 heavy (non-hydrogen) atoms. The fraction of sp³-hybridized carbons (Fsp3) is 0.333. The highest BCUT2D eigenvalue weighted by molar-refractivity contribution is 6.46. The summed E-state index contributed by atoms with van der Waals surface area (Å²) < 4.78 is 16.8. The van der Waals surface area contributed by atoms with Gasteiger partial charge in [-0.1, -0.05) is 12.1 Å². The number of hydrogen-bond acceptors (Lipinski definition) is 8. The zero-order valence-corrected chi connectivity index (χ0v) is 18.1. The second kappa shape index (κ2) is 8.79. The monoisotopic (exact) mass is 466 g/mol. The lowest BCUT2D eigenvalue weighted by Crippen LogP contribution is -2.36. The molecule has 2 fully saturated rings. The number of Topliss-reactive ketones (excluding diaryl/α,β-unsaturated/α-hetero) is 1. The normalized spacial score (nSPS) is 23.4. The number of fused-ring (bicyclic) bond motifs is 1. The Hall–Kier alpha value is -3.92. The number of ketones is 1. The van der Waals surface area contributed by atoms with Gasteiger partial charge in [0.1, 0.15) is 19.0 Å². The van der Waals surface area contributed by atoms with E-state index in [0.29, 0.717) is 36.9 Å². The van der Waals surface area contributed by atoms with Gasteiger partial charge in [0.2, 0.25) is 0 Å². The van der Waals surface area contributed by atoms with Crippen LogP contribution < -0.4 is 9.47 Å². The summed E-state index contributed by atoms with van der Waals surface area (Å²) in [5.41, 5.74) is 0.306. The van der Waals surface area contributed by atoms with Crippen LogP contribution in [0.1, 0.15) is 30.0 Å². The Morgan fingerprint density at radius 1 is 1.09 bits per heavy atom. The summed E-state index contributed by atoms with van der Waals surface area (Å²) in [6, 6.07) is 9.47. The van der Waals surface area contributed by atoms with Crippen molar-refractivity contribution in [1.29, 1.82) is 0 Å². The van der Waals surface area contributed by atoms with Crippen molar-refractivity contribution in [3.05, 3.63) is 69.3 Å². The molecule has 3 heterocycles. The number of likely N-dealkylation sites (tertiary alicyclic amines) is 1. The molecule has 2 atom stereocenters. The molecule has 2 aromatic rings. The highest BCUT2D eigenvalue weighted by atomic mass is 16.6. The molecule has 0 aliphatic carbocycles. The number of nitro benzene ring substituents is 1. The predicted molar refractivity (Wildman–Crippen MR) is 119 cm³/mol. The van der Waals surface area contributed by atoms with E-state index in [1.807, 2.05) is 0 Å². The number of benzene rings is 2. The predicted octanol–water partition coefficient (Wildman–Crippen LogP) is 2.97. The largest absolute Gasteiger partial charge is 0.507 e. The Morgan fingerprint density at radius 2 is 1.88 bits per heavy atom. The number of nitrogens with zero attached hydrogens (tertiary/aromatic N) is 2.